The van der Waals surface area contributed by atoms with Crippen molar-refractivity contribution in [3.05, 3.63) is 51.5 Å². The van der Waals surface area contributed by atoms with Crippen LogP contribution in [0.3, 0.4) is 0 Å². The van der Waals surface area contributed by atoms with E-state index in [1.807, 2.05) is 18.2 Å². The molecule has 0 saturated carbocycles. The molecule has 0 atom stereocenters. The average Bonchev–Trinajstić information content (AvgIpc) is 2.77. The third-order valence-corrected chi connectivity index (χ3v) is 3.83. The first kappa shape index (κ1) is 13.3. The number of nitrogens with one attached hydrogen (secondary N) is 1. The lowest BCUT2D eigenvalue weighted by Crippen LogP contribution is -1.97. The van der Waals surface area contributed by atoms with Crippen LogP contribution >= 0.6 is 28.1 Å². The number of halogens is 2. The molecule has 0 radical (unpaired) electrons. The van der Waals surface area contributed by atoms with Gasteiger partial charge in [-0.05, 0) is 42.5 Å². The summed E-state index contributed by atoms with van der Waals surface area (Å²) >= 11 is 8.66. The Hall–Kier alpha value is -1.66. The zero-order valence-electron chi connectivity index (χ0n) is 10.5. The van der Waals surface area contributed by atoms with Crippen LogP contribution in [-0.2, 0) is 0 Å². The fraction of sp³-hybridized carbons (Fsp3) is 0.0714. The number of fused-ring (bicyclic) bond motifs is 1. The van der Waals surface area contributed by atoms with Crippen LogP contribution in [0.5, 0.6) is 5.75 Å². The molecule has 102 valence electrons. The van der Waals surface area contributed by atoms with E-state index in [2.05, 4.69) is 20.9 Å². The predicted octanol–water partition coefficient (Wildman–Crippen LogP) is 4.60. The van der Waals surface area contributed by atoms with Gasteiger partial charge in [-0.2, -0.15) is 0 Å². The van der Waals surface area contributed by atoms with E-state index in [0.717, 1.165) is 15.5 Å². The second kappa shape index (κ2) is 5.03. The minimum Gasteiger partial charge on any atom is -0.494 e. The number of hydrogen-bond acceptors (Lipinski definition) is 2. The van der Waals surface area contributed by atoms with E-state index in [1.165, 1.54) is 6.07 Å². The first-order chi connectivity index (χ1) is 9.61. The van der Waals surface area contributed by atoms with Crippen molar-refractivity contribution in [1.29, 1.82) is 0 Å². The third-order valence-electron chi connectivity index (χ3n) is 3.05. The van der Waals surface area contributed by atoms with Crippen molar-refractivity contribution in [1.82, 2.24) is 9.55 Å². The van der Waals surface area contributed by atoms with E-state index in [0.29, 0.717) is 16.2 Å². The fourth-order valence-corrected chi connectivity index (χ4v) is 2.82. The molecule has 0 aliphatic carbocycles. The van der Waals surface area contributed by atoms with Gasteiger partial charge in [0.05, 0.1) is 18.3 Å². The Morgan fingerprint density at radius 1 is 1.30 bits per heavy atom. The SMILES string of the molecule is COc1cccc2c1[nH]c(=S)n2-c1cc(Br)ccc1F. The van der Waals surface area contributed by atoms with Crippen molar-refractivity contribution in [2.24, 2.45) is 0 Å². The summed E-state index contributed by atoms with van der Waals surface area (Å²) in [6.45, 7) is 0. The number of para-hydroxylation sites is 1. The monoisotopic (exact) mass is 352 g/mol. The quantitative estimate of drug-likeness (QED) is 0.683. The van der Waals surface area contributed by atoms with Crippen molar-refractivity contribution in [2.45, 2.75) is 0 Å². The lowest BCUT2D eigenvalue weighted by Gasteiger charge is -2.07. The summed E-state index contributed by atoms with van der Waals surface area (Å²) in [4.78, 5) is 3.06. The number of nitrogens with zero attached hydrogens (tertiary/aromatic N) is 1. The molecule has 0 bridgehead atoms. The molecule has 0 aliphatic heterocycles. The Labute approximate surface area is 128 Å². The molecule has 0 fully saturated rings. The topological polar surface area (TPSA) is 29.9 Å². The lowest BCUT2D eigenvalue weighted by atomic mass is 10.2. The summed E-state index contributed by atoms with van der Waals surface area (Å²) in [6.07, 6.45) is 0. The van der Waals surface area contributed by atoms with E-state index in [4.69, 9.17) is 17.0 Å². The molecule has 1 aromatic heterocycles. The van der Waals surface area contributed by atoms with Crippen LogP contribution in [-0.4, -0.2) is 16.7 Å². The zero-order chi connectivity index (χ0) is 14.3. The first-order valence-electron chi connectivity index (χ1n) is 5.85. The van der Waals surface area contributed by atoms with E-state index in [-0.39, 0.29) is 5.82 Å². The van der Waals surface area contributed by atoms with E-state index in [1.54, 1.807) is 23.8 Å². The first-order valence-corrected chi connectivity index (χ1v) is 7.05. The molecule has 0 saturated heterocycles. The molecule has 3 nitrogen and oxygen atoms in total. The van der Waals surface area contributed by atoms with Gasteiger partial charge < -0.3 is 9.72 Å². The Morgan fingerprint density at radius 2 is 2.10 bits per heavy atom. The van der Waals surface area contributed by atoms with Gasteiger partial charge in [0.25, 0.3) is 0 Å². The molecule has 0 aliphatic rings. The van der Waals surface area contributed by atoms with Gasteiger partial charge in [0.15, 0.2) is 4.77 Å². The van der Waals surface area contributed by atoms with Crippen LogP contribution in [0.4, 0.5) is 4.39 Å². The molecular formula is C14H10BrFN2OS. The summed E-state index contributed by atoms with van der Waals surface area (Å²) in [5, 5.41) is 0. The maximum absolute atomic E-state index is 14.1. The number of ether oxygens (including phenoxy) is 1. The summed E-state index contributed by atoms with van der Waals surface area (Å²) in [5.74, 6) is 0.329. The van der Waals surface area contributed by atoms with Crippen molar-refractivity contribution >= 4 is 39.2 Å². The second-order valence-electron chi connectivity index (χ2n) is 4.22. The van der Waals surface area contributed by atoms with Crippen molar-refractivity contribution in [2.75, 3.05) is 7.11 Å². The summed E-state index contributed by atoms with van der Waals surface area (Å²) in [6, 6.07) is 10.3. The molecule has 0 amide bonds. The summed E-state index contributed by atoms with van der Waals surface area (Å²) in [5.41, 5.74) is 1.91. The van der Waals surface area contributed by atoms with Crippen molar-refractivity contribution < 1.29 is 9.13 Å². The van der Waals surface area contributed by atoms with E-state index < -0.39 is 0 Å². The molecule has 3 aromatic rings. The van der Waals surface area contributed by atoms with Crippen LogP contribution in [0.1, 0.15) is 0 Å². The number of methoxy groups -OCH3 is 1. The van der Waals surface area contributed by atoms with Gasteiger partial charge in [-0.1, -0.05) is 22.0 Å². The van der Waals surface area contributed by atoms with E-state index >= 15 is 0 Å². The smallest absolute Gasteiger partial charge is 0.182 e. The highest BCUT2D eigenvalue weighted by atomic mass is 79.9. The maximum atomic E-state index is 14.1. The lowest BCUT2D eigenvalue weighted by molar-refractivity contribution is 0.419. The highest BCUT2D eigenvalue weighted by Crippen LogP contribution is 2.29. The zero-order valence-corrected chi connectivity index (χ0v) is 12.9. The minimum atomic E-state index is -0.340. The van der Waals surface area contributed by atoms with Gasteiger partial charge in [-0.25, -0.2) is 4.39 Å². The highest BCUT2D eigenvalue weighted by molar-refractivity contribution is 9.10. The predicted molar refractivity (Wildman–Crippen MR) is 82.7 cm³/mol. The number of aromatic nitrogens is 2. The maximum Gasteiger partial charge on any atom is 0.182 e. The van der Waals surface area contributed by atoms with Gasteiger partial charge in [-0.15, -0.1) is 0 Å². The van der Waals surface area contributed by atoms with Gasteiger partial charge in [0, 0.05) is 4.47 Å². The number of H-pyrrole nitrogens is 1. The molecule has 1 N–H and O–H groups in total. The molecule has 2 aromatic carbocycles. The van der Waals surface area contributed by atoms with E-state index in [9.17, 15) is 4.39 Å². The molecule has 6 heteroatoms. The van der Waals surface area contributed by atoms with Crippen LogP contribution < -0.4 is 4.74 Å². The molecule has 20 heavy (non-hydrogen) atoms. The van der Waals surface area contributed by atoms with Crippen LogP contribution in [0, 0.1) is 10.6 Å². The van der Waals surface area contributed by atoms with Crippen LogP contribution in [0.25, 0.3) is 16.7 Å². The Balaban J connectivity index is 2.40. The fourth-order valence-electron chi connectivity index (χ4n) is 2.17. The Morgan fingerprint density at radius 3 is 2.85 bits per heavy atom. The van der Waals surface area contributed by atoms with Gasteiger partial charge in [-0.3, -0.25) is 4.57 Å². The number of aromatic amines is 1. The highest BCUT2D eigenvalue weighted by Gasteiger charge is 2.13. The molecule has 3 rings (SSSR count). The normalized spacial score (nSPS) is 10.9. The number of rotatable bonds is 2. The van der Waals surface area contributed by atoms with Gasteiger partial charge in [0.1, 0.15) is 17.1 Å². The largest absolute Gasteiger partial charge is 0.494 e. The molecule has 0 spiro atoms. The Kier molecular flexibility index (Phi) is 3.35. The Bertz CT molecular complexity index is 856. The minimum absolute atomic E-state index is 0.340. The summed E-state index contributed by atoms with van der Waals surface area (Å²) in [7, 11) is 1.59. The standard InChI is InChI=1S/C14H10BrFN2OS/c1-19-12-4-2-3-10-13(12)17-14(20)18(10)11-7-8(15)5-6-9(11)16/h2-7H,1H3,(H,17,20). The van der Waals surface area contributed by atoms with Crippen molar-refractivity contribution in [3.63, 3.8) is 0 Å². The van der Waals surface area contributed by atoms with Crippen molar-refractivity contribution in [3.8, 4) is 11.4 Å². The number of imidazole rings is 1. The molecule has 0 unspecified atom stereocenters. The molecule has 1 heterocycles. The van der Waals surface area contributed by atoms with Crippen LogP contribution in [0.15, 0.2) is 40.9 Å². The number of benzene rings is 2. The van der Waals surface area contributed by atoms with Gasteiger partial charge >= 0.3 is 0 Å². The second-order valence-corrected chi connectivity index (χ2v) is 5.52. The average molecular weight is 353 g/mol. The third kappa shape index (κ3) is 2.05. The van der Waals surface area contributed by atoms with Gasteiger partial charge in [0.2, 0.25) is 0 Å². The number of hydrogen-bond donors (Lipinski definition) is 1. The molecular weight excluding hydrogens is 343 g/mol. The summed E-state index contributed by atoms with van der Waals surface area (Å²) < 4.78 is 22.2. The van der Waals surface area contributed by atoms with Crippen LogP contribution in [0.2, 0.25) is 0 Å².